The second-order valence-electron chi connectivity index (χ2n) is 6.13. The third kappa shape index (κ3) is 3.52. The van der Waals surface area contributed by atoms with Crippen LogP contribution in [0.1, 0.15) is 25.1 Å². The van der Waals surface area contributed by atoms with Crippen LogP contribution in [0.25, 0.3) is 22.4 Å². The van der Waals surface area contributed by atoms with Crippen molar-refractivity contribution in [3.63, 3.8) is 0 Å². The van der Waals surface area contributed by atoms with Crippen molar-refractivity contribution in [2.75, 3.05) is 20.8 Å². The SMILES string of the molecule is CCC(COC)n1c(=O)c(C)nc2c(-c3ccc(OC)cc3Cl)ncnc21. The van der Waals surface area contributed by atoms with Gasteiger partial charge in [-0.3, -0.25) is 9.36 Å². The first-order valence-corrected chi connectivity index (χ1v) is 8.96. The van der Waals surface area contributed by atoms with E-state index in [1.165, 1.54) is 6.33 Å². The van der Waals surface area contributed by atoms with E-state index < -0.39 is 0 Å². The predicted octanol–water partition coefficient (Wildman–Crippen LogP) is 3.42. The summed E-state index contributed by atoms with van der Waals surface area (Å²) in [6.45, 7) is 4.09. The number of hydrogen-bond donors (Lipinski definition) is 0. The van der Waals surface area contributed by atoms with Gasteiger partial charge >= 0.3 is 0 Å². The van der Waals surface area contributed by atoms with Crippen molar-refractivity contribution >= 4 is 22.8 Å². The fourth-order valence-electron chi connectivity index (χ4n) is 3.05. The van der Waals surface area contributed by atoms with Crippen LogP contribution >= 0.6 is 11.6 Å². The van der Waals surface area contributed by atoms with Gasteiger partial charge in [0.25, 0.3) is 5.56 Å². The molecule has 3 aromatic rings. The van der Waals surface area contributed by atoms with Crippen LogP contribution in [-0.4, -0.2) is 40.3 Å². The number of benzene rings is 1. The Morgan fingerprint density at radius 2 is 2.04 bits per heavy atom. The Morgan fingerprint density at radius 3 is 2.67 bits per heavy atom. The van der Waals surface area contributed by atoms with E-state index in [1.54, 1.807) is 37.8 Å². The van der Waals surface area contributed by atoms with Gasteiger partial charge in [-0.05, 0) is 31.5 Å². The van der Waals surface area contributed by atoms with Crippen molar-refractivity contribution in [3.05, 3.63) is 45.6 Å². The van der Waals surface area contributed by atoms with Gasteiger partial charge in [-0.15, -0.1) is 0 Å². The summed E-state index contributed by atoms with van der Waals surface area (Å²) in [7, 11) is 3.19. The largest absolute Gasteiger partial charge is 0.497 e. The minimum absolute atomic E-state index is 0.152. The lowest BCUT2D eigenvalue weighted by molar-refractivity contribution is 0.153. The van der Waals surface area contributed by atoms with Crippen molar-refractivity contribution < 1.29 is 9.47 Å². The lowest BCUT2D eigenvalue weighted by Crippen LogP contribution is -2.30. The molecule has 142 valence electrons. The monoisotopic (exact) mass is 388 g/mol. The van der Waals surface area contributed by atoms with Gasteiger partial charge in [-0.1, -0.05) is 18.5 Å². The van der Waals surface area contributed by atoms with Gasteiger partial charge < -0.3 is 9.47 Å². The molecule has 1 unspecified atom stereocenters. The fraction of sp³-hybridized carbons (Fsp3) is 0.368. The molecule has 2 aromatic heterocycles. The third-order valence-corrected chi connectivity index (χ3v) is 4.78. The van der Waals surface area contributed by atoms with Crippen LogP contribution in [0.5, 0.6) is 5.75 Å². The summed E-state index contributed by atoms with van der Waals surface area (Å²) in [5, 5.41) is 0.482. The molecule has 3 rings (SSSR count). The Labute approximate surface area is 162 Å². The van der Waals surface area contributed by atoms with Crippen LogP contribution in [0.15, 0.2) is 29.3 Å². The van der Waals surface area contributed by atoms with Crippen LogP contribution in [0.4, 0.5) is 0 Å². The fourth-order valence-corrected chi connectivity index (χ4v) is 3.31. The van der Waals surface area contributed by atoms with E-state index in [0.29, 0.717) is 45.5 Å². The van der Waals surface area contributed by atoms with E-state index in [1.807, 2.05) is 13.0 Å². The highest BCUT2D eigenvalue weighted by Gasteiger charge is 2.20. The highest BCUT2D eigenvalue weighted by molar-refractivity contribution is 6.33. The van der Waals surface area contributed by atoms with Crippen LogP contribution < -0.4 is 10.3 Å². The molecule has 0 amide bonds. The van der Waals surface area contributed by atoms with Crippen LogP contribution in [0.3, 0.4) is 0 Å². The Kier molecular flexibility index (Phi) is 5.72. The summed E-state index contributed by atoms with van der Waals surface area (Å²) < 4.78 is 12.1. The summed E-state index contributed by atoms with van der Waals surface area (Å²) in [5.74, 6) is 0.648. The molecule has 27 heavy (non-hydrogen) atoms. The summed E-state index contributed by atoms with van der Waals surface area (Å²) in [6.07, 6.45) is 2.14. The Bertz CT molecular complexity index is 1040. The zero-order chi connectivity index (χ0) is 19.6. The molecule has 0 fully saturated rings. The lowest BCUT2D eigenvalue weighted by atomic mass is 10.1. The normalized spacial score (nSPS) is 12.3. The predicted molar refractivity (Wildman–Crippen MR) is 105 cm³/mol. The average Bonchev–Trinajstić information content (AvgIpc) is 2.67. The Hall–Kier alpha value is -2.51. The molecule has 0 saturated carbocycles. The summed E-state index contributed by atoms with van der Waals surface area (Å²) >= 11 is 6.44. The van der Waals surface area contributed by atoms with Gasteiger partial charge in [0.2, 0.25) is 0 Å². The van der Waals surface area contributed by atoms with Crippen molar-refractivity contribution in [1.29, 1.82) is 0 Å². The smallest absolute Gasteiger partial charge is 0.273 e. The molecular formula is C19H21ClN4O3. The Balaban J connectivity index is 2.32. The molecular weight excluding hydrogens is 368 g/mol. The van der Waals surface area contributed by atoms with Crippen molar-refractivity contribution in [2.45, 2.75) is 26.3 Å². The molecule has 0 N–H and O–H groups in total. The van der Waals surface area contributed by atoms with Gasteiger partial charge in [-0.25, -0.2) is 15.0 Å². The van der Waals surface area contributed by atoms with E-state index in [9.17, 15) is 4.79 Å². The molecule has 1 atom stereocenters. The number of ether oxygens (including phenoxy) is 2. The maximum absolute atomic E-state index is 12.8. The zero-order valence-electron chi connectivity index (χ0n) is 15.7. The van der Waals surface area contributed by atoms with Gasteiger partial charge in [0.15, 0.2) is 5.65 Å². The van der Waals surface area contributed by atoms with Crippen LogP contribution in [0, 0.1) is 6.92 Å². The minimum atomic E-state index is -0.183. The van der Waals surface area contributed by atoms with E-state index >= 15 is 0 Å². The van der Waals surface area contributed by atoms with Crippen molar-refractivity contribution in [2.24, 2.45) is 0 Å². The number of rotatable bonds is 6. The van der Waals surface area contributed by atoms with Gasteiger partial charge in [0, 0.05) is 12.7 Å². The number of halogens is 1. The topological polar surface area (TPSA) is 79.1 Å². The average molecular weight is 389 g/mol. The van der Waals surface area contributed by atoms with Gasteiger partial charge in [0.1, 0.15) is 29.0 Å². The first-order chi connectivity index (χ1) is 13.0. The Morgan fingerprint density at radius 1 is 1.26 bits per heavy atom. The number of aryl methyl sites for hydroxylation is 1. The van der Waals surface area contributed by atoms with Gasteiger partial charge in [-0.2, -0.15) is 0 Å². The molecule has 2 heterocycles. The number of fused-ring (bicyclic) bond motifs is 1. The molecule has 0 aliphatic rings. The number of hydrogen-bond acceptors (Lipinski definition) is 6. The quantitative estimate of drug-likeness (QED) is 0.643. The first kappa shape index (κ1) is 19.3. The molecule has 0 spiro atoms. The van der Waals surface area contributed by atoms with E-state index in [2.05, 4.69) is 15.0 Å². The standard InChI is InChI=1S/C19H21ClN4O3/c1-5-12(9-26-3)24-18-17(23-11(2)19(24)25)16(21-10-22-18)14-7-6-13(27-4)8-15(14)20/h6-8,10,12H,5,9H2,1-4H3. The van der Waals surface area contributed by atoms with Crippen molar-refractivity contribution in [1.82, 2.24) is 19.5 Å². The second kappa shape index (κ2) is 8.02. The molecule has 0 radical (unpaired) electrons. The maximum Gasteiger partial charge on any atom is 0.273 e. The highest BCUT2D eigenvalue weighted by atomic mass is 35.5. The number of aromatic nitrogens is 4. The molecule has 0 bridgehead atoms. The zero-order valence-corrected chi connectivity index (χ0v) is 16.4. The second-order valence-corrected chi connectivity index (χ2v) is 6.54. The summed E-state index contributed by atoms with van der Waals surface area (Å²) in [4.78, 5) is 26.0. The molecule has 1 aromatic carbocycles. The van der Waals surface area contributed by atoms with Crippen LogP contribution in [-0.2, 0) is 4.74 Å². The number of nitrogens with zero attached hydrogens (tertiary/aromatic N) is 4. The molecule has 8 heteroatoms. The lowest BCUT2D eigenvalue weighted by Gasteiger charge is -2.20. The maximum atomic E-state index is 12.8. The van der Waals surface area contributed by atoms with Crippen molar-refractivity contribution in [3.8, 4) is 17.0 Å². The van der Waals surface area contributed by atoms with E-state index in [-0.39, 0.29) is 11.6 Å². The summed E-state index contributed by atoms with van der Waals surface area (Å²) in [5.41, 5.74) is 2.44. The van der Waals surface area contributed by atoms with E-state index in [0.717, 1.165) is 6.42 Å². The molecule has 0 aliphatic carbocycles. The molecule has 0 aliphatic heterocycles. The molecule has 7 nitrogen and oxygen atoms in total. The van der Waals surface area contributed by atoms with E-state index in [4.69, 9.17) is 21.1 Å². The molecule has 0 saturated heterocycles. The number of methoxy groups -OCH3 is 2. The minimum Gasteiger partial charge on any atom is -0.497 e. The first-order valence-electron chi connectivity index (χ1n) is 8.58. The highest BCUT2D eigenvalue weighted by Crippen LogP contribution is 2.33. The third-order valence-electron chi connectivity index (χ3n) is 4.47. The van der Waals surface area contributed by atoms with Crippen LogP contribution in [0.2, 0.25) is 5.02 Å². The van der Waals surface area contributed by atoms with Gasteiger partial charge in [0.05, 0.1) is 24.8 Å². The summed E-state index contributed by atoms with van der Waals surface area (Å²) in [6, 6.07) is 5.19.